The Kier molecular flexibility index (Phi) is 5.74. The van der Waals surface area contributed by atoms with E-state index < -0.39 is 14.9 Å². The van der Waals surface area contributed by atoms with E-state index in [-0.39, 0.29) is 10.6 Å². The average Bonchev–Trinajstić information content (AvgIpc) is 2.66. The van der Waals surface area contributed by atoms with Gasteiger partial charge in [0.15, 0.2) is 0 Å². The molecule has 0 radical (unpaired) electrons. The molecule has 0 unspecified atom stereocenters. The minimum atomic E-state index is -3.71. The number of nitrogens with zero attached hydrogens (tertiary/aromatic N) is 2. The lowest BCUT2D eigenvalue weighted by atomic mass is 10.1. The van der Waals surface area contributed by atoms with Gasteiger partial charge in [0, 0.05) is 24.0 Å². The molecule has 7 nitrogen and oxygen atoms in total. The maximum atomic E-state index is 12.6. The third-order valence-corrected chi connectivity index (χ3v) is 5.48. The van der Waals surface area contributed by atoms with Crippen molar-refractivity contribution >= 4 is 33.3 Å². The molecule has 1 N–H and O–H groups in total. The van der Waals surface area contributed by atoms with Gasteiger partial charge in [-0.05, 0) is 79.1 Å². The van der Waals surface area contributed by atoms with Crippen LogP contribution in [0, 0.1) is 24.0 Å². The van der Waals surface area contributed by atoms with E-state index >= 15 is 0 Å². The number of hydrogen-bond acceptors (Lipinski definition) is 5. The quantitative estimate of drug-likeness (QED) is 0.360. The molecule has 0 amide bonds. The van der Waals surface area contributed by atoms with Crippen LogP contribution in [-0.2, 0) is 10.0 Å². The number of anilines is 1. The SMILES string of the molecule is Cc1cc(C)cc(NS(=O)(=O)c2ccc(N=Cc3ccc([N+](=O)[O-])cc3)cc2)c1. The normalized spacial score (nSPS) is 11.5. The van der Waals surface area contributed by atoms with E-state index in [0.717, 1.165) is 11.1 Å². The Hall–Kier alpha value is -3.52. The molecule has 0 aliphatic rings. The zero-order chi connectivity index (χ0) is 21.0. The van der Waals surface area contributed by atoms with Crippen LogP contribution in [0.5, 0.6) is 0 Å². The summed E-state index contributed by atoms with van der Waals surface area (Å²) in [4.78, 5) is 14.6. The molecule has 3 aromatic rings. The number of nitrogens with one attached hydrogen (secondary N) is 1. The first-order valence-corrected chi connectivity index (χ1v) is 10.2. The Balaban J connectivity index is 1.74. The number of non-ortho nitro benzene ring substituents is 1. The van der Waals surface area contributed by atoms with Crippen molar-refractivity contribution in [1.82, 2.24) is 0 Å². The van der Waals surface area contributed by atoms with Crippen LogP contribution in [0.4, 0.5) is 17.1 Å². The third kappa shape index (κ3) is 5.26. The van der Waals surface area contributed by atoms with E-state index in [2.05, 4.69) is 9.71 Å². The second kappa shape index (κ2) is 8.24. The predicted molar refractivity (Wildman–Crippen MR) is 114 cm³/mol. The second-order valence-electron chi connectivity index (χ2n) is 6.58. The number of benzene rings is 3. The molecule has 0 atom stereocenters. The summed E-state index contributed by atoms with van der Waals surface area (Å²) in [6, 6.07) is 17.6. The van der Waals surface area contributed by atoms with Crippen LogP contribution in [-0.4, -0.2) is 19.6 Å². The van der Waals surface area contributed by atoms with E-state index in [1.165, 1.54) is 24.3 Å². The summed E-state index contributed by atoms with van der Waals surface area (Å²) >= 11 is 0. The van der Waals surface area contributed by atoms with Crippen molar-refractivity contribution in [3.05, 3.63) is 93.5 Å². The Morgan fingerprint density at radius 2 is 1.52 bits per heavy atom. The molecule has 0 saturated heterocycles. The molecule has 0 aliphatic heterocycles. The lowest BCUT2D eigenvalue weighted by Gasteiger charge is -2.10. The summed E-state index contributed by atoms with van der Waals surface area (Å²) in [5, 5.41) is 10.7. The fourth-order valence-electron chi connectivity index (χ4n) is 2.79. The molecule has 3 rings (SSSR count). The van der Waals surface area contributed by atoms with Gasteiger partial charge in [-0.3, -0.25) is 19.8 Å². The van der Waals surface area contributed by atoms with Gasteiger partial charge in [-0.2, -0.15) is 0 Å². The van der Waals surface area contributed by atoms with Gasteiger partial charge in [0.2, 0.25) is 0 Å². The fraction of sp³-hybridized carbons (Fsp3) is 0.0952. The Bertz CT molecular complexity index is 1150. The van der Waals surface area contributed by atoms with Gasteiger partial charge in [0.1, 0.15) is 0 Å². The van der Waals surface area contributed by atoms with Crippen LogP contribution >= 0.6 is 0 Å². The topological polar surface area (TPSA) is 102 Å². The van der Waals surface area contributed by atoms with Crippen LogP contribution in [0.1, 0.15) is 16.7 Å². The molecule has 3 aromatic carbocycles. The highest BCUT2D eigenvalue weighted by Crippen LogP contribution is 2.21. The highest BCUT2D eigenvalue weighted by Gasteiger charge is 2.14. The van der Waals surface area contributed by atoms with Crippen molar-refractivity contribution in [3.8, 4) is 0 Å². The lowest BCUT2D eigenvalue weighted by Crippen LogP contribution is -2.13. The van der Waals surface area contributed by atoms with Crippen molar-refractivity contribution in [1.29, 1.82) is 0 Å². The predicted octanol–water partition coefficient (Wildman–Crippen LogP) is 4.76. The minimum absolute atomic E-state index is 0.00742. The summed E-state index contributed by atoms with van der Waals surface area (Å²) in [7, 11) is -3.71. The number of sulfonamides is 1. The first-order valence-electron chi connectivity index (χ1n) is 8.73. The van der Waals surface area contributed by atoms with Crippen LogP contribution in [0.15, 0.2) is 76.6 Å². The van der Waals surface area contributed by atoms with E-state index in [0.29, 0.717) is 16.9 Å². The summed E-state index contributed by atoms with van der Waals surface area (Å²) in [6.07, 6.45) is 1.56. The molecule has 0 heterocycles. The Morgan fingerprint density at radius 1 is 0.931 bits per heavy atom. The molecule has 0 fully saturated rings. The summed E-state index contributed by atoms with van der Waals surface area (Å²) < 4.78 is 27.8. The van der Waals surface area contributed by atoms with Gasteiger partial charge >= 0.3 is 0 Å². The second-order valence-corrected chi connectivity index (χ2v) is 8.27. The average molecular weight is 409 g/mol. The highest BCUT2D eigenvalue weighted by molar-refractivity contribution is 7.92. The van der Waals surface area contributed by atoms with Crippen LogP contribution in [0.2, 0.25) is 0 Å². The molecule has 8 heteroatoms. The highest BCUT2D eigenvalue weighted by atomic mass is 32.2. The Morgan fingerprint density at radius 3 is 2.07 bits per heavy atom. The number of nitro benzene ring substituents is 1. The smallest absolute Gasteiger partial charge is 0.269 e. The van der Waals surface area contributed by atoms with E-state index in [4.69, 9.17) is 0 Å². The molecule has 0 spiro atoms. The molecular weight excluding hydrogens is 390 g/mol. The minimum Gasteiger partial charge on any atom is -0.280 e. The van der Waals surface area contributed by atoms with Crippen molar-refractivity contribution < 1.29 is 13.3 Å². The van der Waals surface area contributed by atoms with E-state index in [1.807, 2.05) is 19.9 Å². The number of hydrogen-bond donors (Lipinski definition) is 1. The first kappa shape index (κ1) is 20.2. The van der Waals surface area contributed by atoms with Gasteiger partial charge < -0.3 is 0 Å². The summed E-state index contributed by atoms with van der Waals surface area (Å²) in [5.74, 6) is 0. The lowest BCUT2D eigenvalue weighted by molar-refractivity contribution is -0.384. The maximum Gasteiger partial charge on any atom is 0.269 e. The molecule has 0 aromatic heterocycles. The molecule has 0 saturated carbocycles. The molecule has 148 valence electrons. The van der Waals surface area contributed by atoms with Crippen molar-refractivity contribution in [3.63, 3.8) is 0 Å². The van der Waals surface area contributed by atoms with Gasteiger partial charge in [-0.15, -0.1) is 0 Å². The monoisotopic (exact) mass is 409 g/mol. The first-order chi connectivity index (χ1) is 13.7. The number of aryl methyl sites for hydroxylation is 2. The van der Waals surface area contributed by atoms with Gasteiger partial charge in [0.25, 0.3) is 15.7 Å². The molecule has 0 aliphatic carbocycles. The van der Waals surface area contributed by atoms with Gasteiger partial charge in [-0.1, -0.05) is 6.07 Å². The van der Waals surface area contributed by atoms with E-state index in [9.17, 15) is 18.5 Å². The van der Waals surface area contributed by atoms with Crippen molar-refractivity contribution in [2.24, 2.45) is 4.99 Å². The zero-order valence-electron chi connectivity index (χ0n) is 15.9. The standard InChI is InChI=1S/C21H19N3O4S/c1-15-11-16(2)13-19(12-15)23-29(27,28)21-9-5-18(6-10-21)22-14-17-3-7-20(8-4-17)24(25)26/h3-14,23H,1-2H3. The van der Waals surface area contributed by atoms with Gasteiger partial charge in [-0.25, -0.2) is 8.42 Å². The fourth-order valence-corrected chi connectivity index (χ4v) is 3.83. The van der Waals surface area contributed by atoms with Crippen molar-refractivity contribution in [2.75, 3.05) is 4.72 Å². The zero-order valence-corrected chi connectivity index (χ0v) is 16.7. The maximum absolute atomic E-state index is 12.6. The van der Waals surface area contributed by atoms with E-state index in [1.54, 1.807) is 42.6 Å². The molecule has 29 heavy (non-hydrogen) atoms. The molecular formula is C21H19N3O4S. The van der Waals surface area contributed by atoms with Crippen molar-refractivity contribution in [2.45, 2.75) is 18.7 Å². The van der Waals surface area contributed by atoms with Gasteiger partial charge in [0.05, 0.1) is 15.5 Å². The largest absolute Gasteiger partial charge is 0.280 e. The number of aliphatic imine (C=N–C) groups is 1. The summed E-state index contributed by atoms with van der Waals surface area (Å²) in [6.45, 7) is 3.81. The molecule has 0 bridgehead atoms. The third-order valence-electron chi connectivity index (χ3n) is 4.09. The number of rotatable bonds is 6. The summed E-state index contributed by atoms with van der Waals surface area (Å²) in [5.41, 5.74) is 3.73. The number of nitro groups is 1. The van der Waals surface area contributed by atoms with Crippen LogP contribution < -0.4 is 4.72 Å². The van der Waals surface area contributed by atoms with Crippen LogP contribution in [0.25, 0.3) is 0 Å². The van der Waals surface area contributed by atoms with Crippen LogP contribution in [0.3, 0.4) is 0 Å². The Labute approximate surface area is 168 Å².